The van der Waals surface area contributed by atoms with E-state index in [4.69, 9.17) is 15.2 Å². The zero-order valence-electron chi connectivity index (χ0n) is 9.54. The summed E-state index contributed by atoms with van der Waals surface area (Å²) in [5.41, 5.74) is 5.04. The highest BCUT2D eigenvalue weighted by atomic mass is 19.4. The van der Waals surface area contributed by atoms with E-state index in [1.807, 2.05) is 0 Å². The monoisotopic (exact) mass is 249 g/mol. The van der Waals surface area contributed by atoms with Gasteiger partial charge in [0.05, 0.1) is 13.7 Å². The van der Waals surface area contributed by atoms with Crippen LogP contribution in [0.25, 0.3) is 0 Å². The average Bonchev–Trinajstić information content (AvgIpc) is 2.27. The SMILES string of the molecule is CCOc1c(OC)cccc1[C@H](N)C(F)(F)F. The lowest BCUT2D eigenvalue weighted by molar-refractivity contribution is -0.149. The van der Waals surface area contributed by atoms with E-state index in [0.29, 0.717) is 0 Å². The molecule has 0 saturated heterocycles. The highest BCUT2D eigenvalue weighted by Gasteiger charge is 2.40. The van der Waals surface area contributed by atoms with Crippen molar-refractivity contribution in [3.63, 3.8) is 0 Å². The number of ether oxygens (including phenoxy) is 2. The molecule has 0 radical (unpaired) electrons. The molecule has 0 unspecified atom stereocenters. The van der Waals surface area contributed by atoms with E-state index in [-0.39, 0.29) is 23.7 Å². The molecule has 6 heteroatoms. The number of halogens is 3. The lowest BCUT2D eigenvalue weighted by atomic mass is 10.1. The van der Waals surface area contributed by atoms with Crippen molar-refractivity contribution in [2.24, 2.45) is 5.73 Å². The van der Waals surface area contributed by atoms with Crippen molar-refractivity contribution in [3.8, 4) is 11.5 Å². The summed E-state index contributed by atoms with van der Waals surface area (Å²) < 4.78 is 47.8. The van der Waals surface area contributed by atoms with Gasteiger partial charge < -0.3 is 15.2 Å². The van der Waals surface area contributed by atoms with E-state index in [1.54, 1.807) is 6.92 Å². The van der Waals surface area contributed by atoms with Gasteiger partial charge >= 0.3 is 6.18 Å². The molecular weight excluding hydrogens is 235 g/mol. The van der Waals surface area contributed by atoms with Crippen LogP contribution in [0.15, 0.2) is 18.2 Å². The minimum Gasteiger partial charge on any atom is -0.493 e. The summed E-state index contributed by atoms with van der Waals surface area (Å²) >= 11 is 0. The Morgan fingerprint density at radius 3 is 2.47 bits per heavy atom. The molecule has 96 valence electrons. The van der Waals surface area contributed by atoms with Gasteiger partial charge in [-0.2, -0.15) is 13.2 Å². The summed E-state index contributed by atoms with van der Waals surface area (Å²) in [6.45, 7) is 1.91. The number of hydrogen-bond donors (Lipinski definition) is 1. The quantitative estimate of drug-likeness (QED) is 0.892. The zero-order valence-corrected chi connectivity index (χ0v) is 9.54. The van der Waals surface area contributed by atoms with Gasteiger partial charge in [0.15, 0.2) is 11.5 Å². The van der Waals surface area contributed by atoms with Crippen LogP contribution >= 0.6 is 0 Å². The second-order valence-corrected chi connectivity index (χ2v) is 3.33. The summed E-state index contributed by atoms with van der Waals surface area (Å²) in [7, 11) is 1.36. The topological polar surface area (TPSA) is 44.5 Å². The van der Waals surface area contributed by atoms with Crippen LogP contribution in [0.3, 0.4) is 0 Å². The van der Waals surface area contributed by atoms with Gasteiger partial charge in [0.25, 0.3) is 0 Å². The number of benzene rings is 1. The second kappa shape index (κ2) is 5.27. The molecule has 0 aliphatic heterocycles. The molecular formula is C11H14F3NO2. The molecule has 1 atom stereocenters. The number of hydrogen-bond acceptors (Lipinski definition) is 3. The summed E-state index contributed by atoms with van der Waals surface area (Å²) in [5, 5.41) is 0. The molecule has 1 aromatic carbocycles. The molecule has 0 aliphatic rings. The molecule has 2 N–H and O–H groups in total. The molecule has 0 bridgehead atoms. The van der Waals surface area contributed by atoms with E-state index in [9.17, 15) is 13.2 Å². The van der Waals surface area contributed by atoms with Gasteiger partial charge in [-0.05, 0) is 13.0 Å². The van der Waals surface area contributed by atoms with E-state index in [0.717, 1.165) is 0 Å². The van der Waals surface area contributed by atoms with Gasteiger partial charge in [-0.3, -0.25) is 0 Å². The molecule has 0 aromatic heterocycles. The van der Waals surface area contributed by atoms with Crippen LogP contribution in [-0.4, -0.2) is 19.9 Å². The lowest BCUT2D eigenvalue weighted by Gasteiger charge is -2.20. The minimum atomic E-state index is -4.52. The summed E-state index contributed by atoms with van der Waals surface area (Å²) in [6, 6.07) is 2.17. The molecule has 0 saturated carbocycles. The summed E-state index contributed by atoms with van der Waals surface area (Å²) in [6.07, 6.45) is -4.52. The van der Waals surface area contributed by atoms with Crippen molar-refractivity contribution < 1.29 is 22.6 Å². The molecule has 1 aromatic rings. The summed E-state index contributed by atoms with van der Waals surface area (Å²) in [4.78, 5) is 0. The van der Waals surface area contributed by atoms with Crippen molar-refractivity contribution >= 4 is 0 Å². The smallest absolute Gasteiger partial charge is 0.407 e. The van der Waals surface area contributed by atoms with Crippen molar-refractivity contribution in [2.45, 2.75) is 19.1 Å². The normalized spacial score (nSPS) is 13.3. The maximum Gasteiger partial charge on any atom is 0.407 e. The lowest BCUT2D eigenvalue weighted by Crippen LogP contribution is -2.29. The van der Waals surface area contributed by atoms with Crippen LogP contribution in [0.1, 0.15) is 18.5 Å². The van der Waals surface area contributed by atoms with Crippen molar-refractivity contribution in [1.82, 2.24) is 0 Å². The molecule has 0 fully saturated rings. The number of alkyl halides is 3. The average molecular weight is 249 g/mol. The molecule has 3 nitrogen and oxygen atoms in total. The Labute approximate surface area is 97.3 Å². The summed E-state index contributed by atoms with van der Waals surface area (Å²) in [5.74, 6) is 0.284. The molecule has 0 heterocycles. The maximum absolute atomic E-state index is 12.6. The first-order valence-corrected chi connectivity index (χ1v) is 5.03. The largest absolute Gasteiger partial charge is 0.493 e. The zero-order chi connectivity index (χ0) is 13.1. The third-order valence-electron chi connectivity index (χ3n) is 2.21. The fourth-order valence-electron chi connectivity index (χ4n) is 1.41. The van der Waals surface area contributed by atoms with Crippen molar-refractivity contribution in [3.05, 3.63) is 23.8 Å². The number of rotatable bonds is 4. The standard InChI is InChI=1S/C11H14F3NO2/c1-3-17-9-7(10(15)11(12,13)14)5-4-6-8(9)16-2/h4-6,10H,3,15H2,1-2H3/t10-/m0/s1. The predicted octanol–water partition coefficient (Wildman–Crippen LogP) is 2.66. The van der Waals surface area contributed by atoms with Gasteiger partial charge in [0, 0.05) is 5.56 Å². The van der Waals surface area contributed by atoms with Gasteiger partial charge in [-0.25, -0.2) is 0 Å². The molecule has 1 rings (SSSR count). The Morgan fingerprint density at radius 2 is 2.00 bits per heavy atom. The van der Waals surface area contributed by atoms with E-state index < -0.39 is 12.2 Å². The molecule has 17 heavy (non-hydrogen) atoms. The first kappa shape index (κ1) is 13.6. The van der Waals surface area contributed by atoms with Crippen LogP contribution in [0.2, 0.25) is 0 Å². The van der Waals surface area contributed by atoms with Crippen molar-refractivity contribution in [1.29, 1.82) is 0 Å². The first-order chi connectivity index (χ1) is 7.91. The third kappa shape index (κ3) is 3.03. The van der Waals surface area contributed by atoms with Gasteiger partial charge in [-0.15, -0.1) is 0 Å². The van der Waals surface area contributed by atoms with Crippen LogP contribution in [0, 0.1) is 0 Å². The fraction of sp³-hybridized carbons (Fsp3) is 0.455. The Hall–Kier alpha value is -1.43. The van der Waals surface area contributed by atoms with Gasteiger partial charge in [0.1, 0.15) is 6.04 Å². The number of nitrogens with two attached hydrogens (primary N) is 1. The van der Waals surface area contributed by atoms with Gasteiger partial charge in [0.2, 0.25) is 0 Å². The van der Waals surface area contributed by atoms with E-state index >= 15 is 0 Å². The van der Waals surface area contributed by atoms with Crippen LogP contribution in [0.4, 0.5) is 13.2 Å². The second-order valence-electron chi connectivity index (χ2n) is 3.33. The highest BCUT2D eigenvalue weighted by Crippen LogP contribution is 2.40. The van der Waals surface area contributed by atoms with E-state index in [2.05, 4.69) is 0 Å². The van der Waals surface area contributed by atoms with E-state index in [1.165, 1.54) is 25.3 Å². The third-order valence-corrected chi connectivity index (χ3v) is 2.21. The molecule has 0 aliphatic carbocycles. The van der Waals surface area contributed by atoms with Crippen molar-refractivity contribution in [2.75, 3.05) is 13.7 Å². The molecule has 0 spiro atoms. The van der Waals surface area contributed by atoms with Gasteiger partial charge in [-0.1, -0.05) is 12.1 Å². The Kier molecular flexibility index (Phi) is 4.22. The van der Waals surface area contributed by atoms with Crippen LogP contribution in [-0.2, 0) is 0 Å². The Bertz CT molecular complexity index is 379. The number of para-hydroxylation sites is 1. The Balaban J connectivity index is 3.22. The Morgan fingerprint density at radius 1 is 1.35 bits per heavy atom. The van der Waals surface area contributed by atoms with Crippen LogP contribution in [0.5, 0.6) is 11.5 Å². The molecule has 0 amide bonds. The first-order valence-electron chi connectivity index (χ1n) is 5.03. The van der Waals surface area contributed by atoms with Crippen LogP contribution < -0.4 is 15.2 Å². The highest BCUT2D eigenvalue weighted by molar-refractivity contribution is 5.48. The fourth-order valence-corrected chi connectivity index (χ4v) is 1.41. The number of methoxy groups -OCH3 is 1. The minimum absolute atomic E-state index is 0.0438. The predicted molar refractivity (Wildman–Crippen MR) is 57.1 cm³/mol. The maximum atomic E-state index is 12.6.